The number of carbonyl (C=O) groups is 1. The van der Waals surface area contributed by atoms with Gasteiger partial charge in [0.1, 0.15) is 0 Å². The molecule has 1 saturated heterocycles. The number of carbonyl (C=O) groups excluding carboxylic acids is 1. The number of nitrogens with zero attached hydrogens (tertiary/aromatic N) is 2. The predicted molar refractivity (Wildman–Crippen MR) is 112 cm³/mol. The van der Waals surface area contributed by atoms with Crippen LogP contribution in [0.3, 0.4) is 0 Å². The van der Waals surface area contributed by atoms with Gasteiger partial charge in [-0.25, -0.2) is 4.68 Å². The third kappa shape index (κ3) is 4.43. The molecule has 6 heteroatoms. The number of halogens is 1. The third-order valence-corrected chi connectivity index (χ3v) is 5.19. The second-order valence-corrected chi connectivity index (χ2v) is 7.51. The first-order valence-corrected chi connectivity index (χ1v) is 9.97. The maximum Gasteiger partial charge on any atom is 0.224 e. The lowest BCUT2D eigenvalue weighted by atomic mass is 10.0. The van der Waals surface area contributed by atoms with Crippen LogP contribution in [0.1, 0.15) is 18.4 Å². The Morgan fingerprint density at radius 2 is 1.96 bits per heavy atom. The quantitative estimate of drug-likeness (QED) is 0.695. The first-order valence-electron chi connectivity index (χ1n) is 9.59. The van der Waals surface area contributed by atoms with Gasteiger partial charge in [0.2, 0.25) is 5.91 Å². The van der Waals surface area contributed by atoms with Crippen molar-refractivity contribution in [3.63, 3.8) is 0 Å². The van der Waals surface area contributed by atoms with E-state index in [2.05, 4.69) is 10.6 Å². The summed E-state index contributed by atoms with van der Waals surface area (Å²) in [7, 11) is 0. The molecule has 144 valence electrons. The van der Waals surface area contributed by atoms with Gasteiger partial charge in [-0.05, 0) is 43.7 Å². The fourth-order valence-electron chi connectivity index (χ4n) is 3.53. The van der Waals surface area contributed by atoms with Crippen molar-refractivity contribution in [3.8, 4) is 16.9 Å². The van der Waals surface area contributed by atoms with E-state index in [1.165, 1.54) is 0 Å². The summed E-state index contributed by atoms with van der Waals surface area (Å²) in [4.78, 5) is 12.7. The van der Waals surface area contributed by atoms with Crippen LogP contribution >= 0.6 is 11.6 Å². The van der Waals surface area contributed by atoms with Gasteiger partial charge in [-0.1, -0.05) is 41.9 Å². The van der Waals surface area contributed by atoms with Crippen molar-refractivity contribution in [3.05, 3.63) is 71.4 Å². The SMILES string of the molecule is O=C(Cc1cn(-c2ccccc2)nc1-c1ccc(Cl)cc1)NC1CCCNC1. The van der Waals surface area contributed by atoms with Crippen LogP contribution in [-0.4, -0.2) is 34.8 Å². The molecule has 28 heavy (non-hydrogen) atoms. The second kappa shape index (κ2) is 8.59. The molecule has 0 aliphatic carbocycles. The van der Waals surface area contributed by atoms with Crippen molar-refractivity contribution in [1.82, 2.24) is 20.4 Å². The molecule has 3 aromatic rings. The fourth-order valence-corrected chi connectivity index (χ4v) is 3.66. The van der Waals surface area contributed by atoms with Gasteiger partial charge in [-0.2, -0.15) is 5.10 Å². The molecule has 2 heterocycles. The molecule has 4 rings (SSSR count). The summed E-state index contributed by atoms with van der Waals surface area (Å²) in [5.74, 6) is 0.0246. The summed E-state index contributed by atoms with van der Waals surface area (Å²) in [5, 5.41) is 11.9. The molecule has 1 aliphatic rings. The first-order chi connectivity index (χ1) is 13.7. The van der Waals surface area contributed by atoms with Crippen molar-refractivity contribution in [1.29, 1.82) is 0 Å². The number of amides is 1. The smallest absolute Gasteiger partial charge is 0.224 e. The van der Waals surface area contributed by atoms with Gasteiger partial charge in [0.15, 0.2) is 0 Å². The molecule has 1 fully saturated rings. The van der Waals surface area contributed by atoms with E-state index < -0.39 is 0 Å². The molecule has 5 nitrogen and oxygen atoms in total. The number of nitrogens with one attached hydrogen (secondary N) is 2. The van der Waals surface area contributed by atoms with Crippen molar-refractivity contribution < 1.29 is 4.79 Å². The average Bonchev–Trinajstić information content (AvgIpc) is 3.13. The minimum atomic E-state index is 0.0246. The molecule has 2 N–H and O–H groups in total. The summed E-state index contributed by atoms with van der Waals surface area (Å²) < 4.78 is 1.83. The van der Waals surface area contributed by atoms with Gasteiger partial charge in [0.25, 0.3) is 0 Å². The predicted octanol–water partition coefficient (Wildman–Crippen LogP) is 3.60. The van der Waals surface area contributed by atoms with E-state index in [9.17, 15) is 4.79 Å². The summed E-state index contributed by atoms with van der Waals surface area (Å²) >= 11 is 6.04. The largest absolute Gasteiger partial charge is 0.352 e. The Morgan fingerprint density at radius 1 is 1.18 bits per heavy atom. The Balaban J connectivity index is 1.61. The van der Waals surface area contributed by atoms with Crippen LogP contribution in [0.4, 0.5) is 0 Å². The Kier molecular flexibility index (Phi) is 5.74. The molecular weight excluding hydrogens is 372 g/mol. The number of hydrogen-bond acceptors (Lipinski definition) is 3. The summed E-state index contributed by atoms with van der Waals surface area (Å²) in [6.07, 6.45) is 4.35. The lowest BCUT2D eigenvalue weighted by Gasteiger charge is -2.23. The van der Waals surface area contributed by atoms with Gasteiger partial charge in [0, 0.05) is 34.9 Å². The number of benzene rings is 2. The lowest BCUT2D eigenvalue weighted by molar-refractivity contribution is -0.121. The highest BCUT2D eigenvalue weighted by Gasteiger charge is 2.19. The van der Waals surface area contributed by atoms with Crippen molar-refractivity contribution in [2.24, 2.45) is 0 Å². The summed E-state index contributed by atoms with van der Waals surface area (Å²) in [6, 6.07) is 17.7. The van der Waals surface area contributed by atoms with E-state index in [0.29, 0.717) is 11.4 Å². The molecular formula is C22H23ClN4O. The van der Waals surface area contributed by atoms with Gasteiger partial charge >= 0.3 is 0 Å². The topological polar surface area (TPSA) is 59.0 Å². The van der Waals surface area contributed by atoms with Crippen LogP contribution in [0.25, 0.3) is 16.9 Å². The van der Waals surface area contributed by atoms with Gasteiger partial charge in [-0.15, -0.1) is 0 Å². The molecule has 1 aliphatic heterocycles. The number of aromatic nitrogens is 2. The highest BCUT2D eigenvalue weighted by Crippen LogP contribution is 2.25. The van der Waals surface area contributed by atoms with Gasteiger partial charge in [-0.3, -0.25) is 4.79 Å². The summed E-state index contributed by atoms with van der Waals surface area (Å²) in [6.45, 7) is 1.86. The van der Waals surface area contributed by atoms with E-state index in [4.69, 9.17) is 16.7 Å². The minimum absolute atomic E-state index is 0.0246. The molecule has 1 unspecified atom stereocenters. The van der Waals surface area contributed by atoms with Gasteiger partial charge in [0.05, 0.1) is 17.8 Å². The van der Waals surface area contributed by atoms with E-state index in [1.54, 1.807) is 0 Å². The Hall–Kier alpha value is -2.63. The molecule has 1 aromatic heterocycles. The van der Waals surface area contributed by atoms with E-state index >= 15 is 0 Å². The molecule has 0 radical (unpaired) electrons. The van der Waals surface area contributed by atoms with E-state index in [-0.39, 0.29) is 11.9 Å². The number of rotatable bonds is 5. The maximum absolute atomic E-state index is 12.7. The number of piperidine rings is 1. The van der Waals surface area contributed by atoms with Crippen LogP contribution in [0.5, 0.6) is 0 Å². The zero-order chi connectivity index (χ0) is 19.3. The van der Waals surface area contributed by atoms with Crippen molar-refractivity contribution in [2.75, 3.05) is 13.1 Å². The minimum Gasteiger partial charge on any atom is -0.352 e. The molecule has 0 spiro atoms. The van der Waals surface area contributed by atoms with Crippen LogP contribution in [0.15, 0.2) is 60.8 Å². The van der Waals surface area contributed by atoms with Crippen molar-refractivity contribution in [2.45, 2.75) is 25.3 Å². The van der Waals surface area contributed by atoms with Crippen LogP contribution < -0.4 is 10.6 Å². The Labute approximate surface area is 169 Å². The number of hydrogen-bond donors (Lipinski definition) is 2. The summed E-state index contributed by atoms with van der Waals surface area (Å²) in [5.41, 5.74) is 3.60. The lowest BCUT2D eigenvalue weighted by Crippen LogP contribution is -2.46. The molecule has 0 bridgehead atoms. The van der Waals surface area contributed by atoms with Crippen LogP contribution in [0, 0.1) is 0 Å². The first kappa shape index (κ1) is 18.7. The maximum atomic E-state index is 12.7. The zero-order valence-corrected chi connectivity index (χ0v) is 16.3. The highest BCUT2D eigenvalue weighted by atomic mass is 35.5. The molecule has 2 aromatic carbocycles. The highest BCUT2D eigenvalue weighted by molar-refractivity contribution is 6.30. The Bertz CT molecular complexity index is 931. The fraction of sp³-hybridized carbons (Fsp3) is 0.273. The number of para-hydroxylation sites is 1. The van der Waals surface area contributed by atoms with E-state index in [1.807, 2.05) is 65.5 Å². The van der Waals surface area contributed by atoms with Crippen molar-refractivity contribution >= 4 is 17.5 Å². The normalized spacial score (nSPS) is 16.7. The second-order valence-electron chi connectivity index (χ2n) is 7.08. The van der Waals surface area contributed by atoms with Gasteiger partial charge < -0.3 is 10.6 Å². The molecule has 0 saturated carbocycles. The third-order valence-electron chi connectivity index (χ3n) is 4.94. The molecule has 1 atom stereocenters. The average molecular weight is 395 g/mol. The van der Waals surface area contributed by atoms with E-state index in [0.717, 1.165) is 48.4 Å². The zero-order valence-electron chi connectivity index (χ0n) is 15.6. The van der Waals surface area contributed by atoms with Crippen LogP contribution in [0.2, 0.25) is 5.02 Å². The standard InChI is InChI=1S/C22H23ClN4O/c23-18-10-8-16(9-11-18)22-17(13-21(28)25-19-5-4-12-24-14-19)15-27(26-22)20-6-2-1-3-7-20/h1-3,6-11,15,19,24H,4-5,12-14H2,(H,25,28). The monoisotopic (exact) mass is 394 g/mol. The van der Waals surface area contributed by atoms with Crippen LogP contribution in [-0.2, 0) is 11.2 Å². The Morgan fingerprint density at radius 3 is 2.68 bits per heavy atom. The molecule has 1 amide bonds.